The molecule has 1 aromatic heterocycles. The molecule has 4 aromatic rings. The van der Waals surface area contributed by atoms with Crippen LogP contribution in [0.25, 0.3) is 10.2 Å². The van der Waals surface area contributed by atoms with Gasteiger partial charge >= 0.3 is 4.87 Å². The summed E-state index contributed by atoms with van der Waals surface area (Å²) in [5.74, 6) is -0.177. The number of hydrogen-bond acceptors (Lipinski definition) is 6. The van der Waals surface area contributed by atoms with Crippen molar-refractivity contribution in [3.05, 3.63) is 82.0 Å². The predicted octanol–water partition coefficient (Wildman–Crippen LogP) is 4.14. The molecule has 1 amide bonds. The Morgan fingerprint density at radius 3 is 2.51 bits per heavy atom. The van der Waals surface area contributed by atoms with Gasteiger partial charge in [-0.05, 0) is 56.3 Å². The van der Waals surface area contributed by atoms with E-state index in [2.05, 4.69) is 5.32 Å². The first kappa shape index (κ1) is 24.5. The Morgan fingerprint density at radius 1 is 1.09 bits per heavy atom. The van der Waals surface area contributed by atoms with E-state index in [1.165, 1.54) is 16.7 Å². The van der Waals surface area contributed by atoms with Crippen molar-refractivity contribution >= 4 is 48.9 Å². The number of nitrogens with one attached hydrogen (secondary N) is 1. The van der Waals surface area contributed by atoms with Gasteiger partial charge in [0.05, 0.1) is 27.4 Å². The van der Waals surface area contributed by atoms with Gasteiger partial charge in [-0.25, -0.2) is 8.42 Å². The SMILES string of the molecule is CCOc1ccccc1N(CC(=O)Nc1ccc2c(c1)sc(=O)n2C)S(=O)(=O)c1ccc(C)cc1. The molecule has 0 unspecified atom stereocenters. The number of nitrogens with zero attached hydrogens (tertiary/aromatic N) is 2. The van der Waals surface area contributed by atoms with Crippen molar-refractivity contribution in [2.45, 2.75) is 18.7 Å². The smallest absolute Gasteiger partial charge is 0.307 e. The minimum atomic E-state index is -4.09. The summed E-state index contributed by atoms with van der Waals surface area (Å²) in [4.78, 5) is 25.0. The summed E-state index contributed by atoms with van der Waals surface area (Å²) < 4.78 is 36.3. The topological polar surface area (TPSA) is 97.7 Å². The van der Waals surface area contributed by atoms with Gasteiger partial charge in [0, 0.05) is 12.7 Å². The summed E-state index contributed by atoms with van der Waals surface area (Å²) in [6.45, 7) is 3.54. The summed E-state index contributed by atoms with van der Waals surface area (Å²) in [7, 11) is -2.40. The summed E-state index contributed by atoms with van der Waals surface area (Å²) in [6.07, 6.45) is 0. The zero-order valence-corrected chi connectivity index (χ0v) is 21.2. The molecule has 0 saturated carbocycles. The monoisotopic (exact) mass is 511 g/mol. The highest BCUT2D eigenvalue weighted by Gasteiger charge is 2.29. The Labute approximate surface area is 207 Å². The fraction of sp³-hybridized carbons (Fsp3) is 0.200. The molecule has 0 fully saturated rings. The summed E-state index contributed by atoms with van der Waals surface area (Å²) in [5.41, 5.74) is 2.41. The highest BCUT2D eigenvalue weighted by Crippen LogP contribution is 2.32. The molecule has 0 bridgehead atoms. The first-order valence-electron chi connectivity index (χ1n) is 10.9. The van der Waals surface area contributed by atoms with Crippen LogP contribution >= 0.6 is 11.3 Å². The van der Waals surface area contributed by atoms with Crippen molar-refractivity contribution in [3.63, 3.8) is 0 Å². The van der Waals surface area contributed by atoms with Crippen molar-refractivity contribution < 1.29 is 17.9 Å². The van der Waals surface area contributed by atoms with Crippen LogP contribution in [0.4, 0.5) is 11.4 Å². The third-order valence-electron chi connectivity index (χ3n) is 5.41. The maximum atomic E-state index is 13.7. The second-order valence-corrected chi connectivity index (χ2v) is 10.7. The van der Waals surface area contributed by atoms with E-state index < -0.39 is 22.5 Å². The van der Waals surface area contributed by atoms with Crippen LogP contribution in [0.3, 0.4) is 0 Å². The van der Waals surface area contributed by atoms with Gasteiger partial charge in [0.25, 0.3) is 10.0 Å². The number of para-hydroxylation sites is 2. The van der Waals surface area contributed by atoms with Crippen molar-refractivity contribution in [1.82, 2.24) is 4.57 Å². The van der Waals surface area contributed by atoms with E-state index in [-0.39, 0.29) is 15.5 Å². The number of aromatic nitrogens is 1. The molecular weight excluding hydrogens is 486 g/mol. The van der Waals surface area contributed by atoms with E-state index in [4.69, 9.17) is 4.74 Å². The standard InChI is InChI=1S/C25H25N3O5S2/c1-4-33-22-8-6-5-7-20(22)28(35(31,32)19-12-9-17(2)10-13-19)16-24(29)26-18-11-14-21-23(15-18)34-25(30)27(21)3/h5-15H,4,16H2,1-3H3,(H,26,29). The molecule has 3 aromatic carbocycles. The van der Waals surface area contributed by atoms with Gasteiger partial charge in [0.2, 0.25) is 5.91 Å². The molecule has 4 rings (SSSR count). The lowest BCUT2D eigenvalue weighted by molar-refractivity contribution is -0.114. The molecule has 1 heterocycles. The van der Waals surface area contributed by atoms with Crippen LogP contribution in [-0.2, 0) is 21.9 Å². The van der Waals surface area contributed by atoms with Crippen molar-refractivity contribution in [1.29, 1.82) is 0 Å². The second kappa shape index (κ2) is 9.93. The number of aryl methyl sites for hydroxylation is 2. The molecule has 0 atom stereocenters. The van der Waals surface area contributed by atoms with Gasteiger partial charge in [-0.1, -0.05) is 41.2 Å². The van der Waals surface area contributed by atoms with E-state index in [1.807, 2.05) is 6.92 Å². The number of fused-ring (bicyclic) bond motifs is 1. The zero-order valence-electron chi connectivity index (χ0n) is 19.5. The lowest BCUT2D eigenvalue weighted by atomic mass is 10.2. The lowest BCUT2D eigenvalue weighted by Gasteiger charge is -2.26. The third kappa shape index (κ3) is 5.08. The zero-order chi connectivity index (χ0) is 25.2. The molecule has 0 aliphatic rings. The van der Waals surface area contributed by atoms with Crippen LogP contribution in [0.2, 0.25) is 0 Å². The van der Waals surface area contributed by atoms with Crippen LogP contribution in [-0.4, -0.2) is 32.0 Å². The minimum absolute atomic E-state index is 0.0673. The third-order valence-corrected chi connectivity index (χ3v) is 8.18. The van der Waals surface area contributed by atoms with Gasteiger partial charge in [-0.2, -0.15) is 0 Å². The van der Waals surface area contributed by atoms with Crippen LogP contribution < -0.4 is 19.2 Å². The quantitative estimate of drug-likeness (QED) is 0.383. The second-order valence-electron chi connectivity index (χ2n) is 7.88. The summed E-state index contributed by atoms with van der Waals surface area (Å²) >= 11 is 1.07. The van der Waals surface area contributed by atoms with Gasteiger partial charge in [0.15, 0.2) is 0 Å². The number of benzene rings is 3. The van der Waals surface area contributed by atoms with E-state index in [9.17, 15) is 18.0 Å². The number of anilines is 2. The van der Waals surface area contributed by atoms with Gasteiger partial charge < -0.3 is 14.6 Å². The largest absolute Gasteiger partial charge is 0.492 e. The lowest BCUT2D eigenvalue weighted by Crippen LogP contribution is -2.38. The molecule has 10 heteroatoms. The van der Waals surface area contributed by atoms with Gasteiger partial charge in [0.1, 0.15) is 12.3 Å². The fourth-order valence-electron chi connectivity index (χ4n) is 3.62. The first-order valence-corrected chi connectivity index (χ1v) is 13.2. The highest BCUT2D eigenvalue weighted by atomic mass is 32.2. The molecule has 0 saturated heterocycles. The molecule has 0 aliphatic heterocycles. The summed E-state index contributed by atoms with van der Waals surface area (Å²) in [6, 6.07) is 18.3. The van der Waals surface area contributed by atoms with E-state index in [0.717, 1.165) is 31.4 Å². The fourth-order valence-corrected chi connectivity index (χ4v) is 5.97. The van der Waals surface area contributed by atoms with Crippen molar-refractivity contribution in [2.75, 3.05) is 22.8 Å². The molecule has 182 valence electrons. The van der Waals surface area contributed by atoms with Crippen LogP contribution in [0.5, 0.6) is 5.75 Å². The average Bonchev–Trinajstić information content (AvgIpc) is 3.11. The van der Waals surface area contributed by atoms with Gasteiger partial charge in [-0.3, -0.25) is 13.9 Å². The van der Waals surface area contributed by atoms with Crippen molar-refractivity contribution in [2.24, 2.45) is 7.05 Å². The van der Waals surface area contributed by atoms with E-state index in [1.54, 1.807) is 68.6 Å². The Kier molecular flexibility index (Phi) is 6.95. The maximum absolute atomic E-state index is 13.7. The minimum Gasteiger partial charge on any atom is -0.492 e. The Hall–Kier alpha value is -3.63. The number of hydrogen-bond donors (Lipinski definition) is 1. The highest BCUT2D eigenvalue weighted by molar-refractivity contribution is 7.92. The van der Waals surface area contributed by atoms with Crippen LogP contribution in [0, 0.1) is 6.92 Å². The Balaban J connectivity index is 1.69. The first-order chi connectivity index (χ1) is 16.7. The van der Waals surface area contributed by atoms with E-state index in [0.29, 0.717) is 18.0 Å². The summed E-state index contributed by atoms with van der Waals surface area (Å²) in [5, 5.41) is 2.76. The van der Waals surface area contributed by atoms with Crippen LogP contribution in [0.1, 0.15) is 12.5 Å². The number of sulfonamides is 1. The molecule has 35 heavy (non-hydrogen) atoms. The van der Waals surface area contributed by atoms with Crippen LogP contribution in [0.15, 0.2) is 76.4 Å². The molecule has 8 nitrogen and oxygen atoms in total. The number of amides is 1. The number of rotatable bonds is 8. The Bertz CT molecular complexity index is 1540. The van der Waals surface area contributed by atoms with E-state index >= 15 is 0 Å². The number of carbonyl (C=O) groups excluding carboxylic acids is 1. The predicted molar refractivity (Wildman–Crippen MR) is 139 cm³/mol. The number of ether oxygens (including phenoxy) is 1. The number of thiazole rings is 1. The molecular formula is C25H25N3O5S2. The normalized spacial score (nSPS) is 11.4. The van der Waals surface area contributed by atoms with Crippen molar-refractivity contribution in [3.8, 4) is 5.75 Å². The Morgan fingerprint density at radius 2 is 1.80 bits per heavy atom. The molecule has 1 N–H and O–H groups in total. The number of carbonyl (C=O) groups is 1. The molecule has 0 aliphatic carbocycles. The maximum Gasteiger partial charge on any atom is 0.307 e. The average molecular weight is 512 g/mol. The molecule has 0 spiro atoms. The molecule has 0 radical (unpaired) electrons. The van der Waals surface area contributed by atoms with Gasteiger partial charge in [-0.15, -0.1) is 0 Å².